The van der Waals surface area contributed by atoms with Crippen molar-refractivity contribution in [1.82, 2.24) is 19.6 Å². The zero-order valence-electron chi connectivity index (χ0n) is 12.0. The number of nitrogens with two attached hydrogens (primary N) is 1. The van der Waals surface area contributed by atoms with Gasteiger partial charge in [0.1, 0.15) is 5.82 Å². The second kappa shape index (κ2) is 6.54. The number of carbonyl (C=O) groups is 1. The lowest BCUT2D eigenvalue weighted by molar-refractivity contribution is -0.119. The fourth-order valence-electron chi connectivity index (χ4n) is 2.37. The highest BCUT2D eigenvalue weighted by atomic mass is 32.2. The topological polar surface area (TPSA) is 121 Å². The summed E-state index contributed by atoms with van der Waals surface area (Å²) in [4.78, 5) is 19.6. The zero-order chi connectivity index (χ0) is 15.5. The minimum Gasteiger partial charge on any atom is -0.369 e. The number of amides is 1. The lowest BCUT2D eigenvalue weighted by Gasteiger charge is -2.31. The number of rotatable bonds is 6. The van der Waals surface area contributed by atoms with Crippen LogP contribution in [0.4, 0.5) is 0 Å². The van der Waals surface area contributed by atoms with Crippen LogP contribution in [0.15, 0.2) is 11.2 Å². The van der Waals surface area contributed by atoms with Crippen molar-refractivity contribution in [2.75, 3.05) is 19.6 Å². The number of piperidine rings is 1. The number of aryl methyl sites for hydroxylation is 1. The van der Waals surface area contributed by atoms with E-state index in [1.165, 1.54) is 6.20 Å². The Bertz CT molecular complexity index is 590. The first-order valence-corrected chi connectivity index (χ1v) is 8.46. The van der Waals surface area contributed by atoms with Gasteiger partial charge >= 0.3 is 0 Å². The number of nitrogens with zero attached hydrogens (tertiary/aromatic N) is 2. The van der Waals surface area contributed by atoms with E-state index < -0.39 is 10.0 Å². The summed E-state index contributed by atoms with van der Waals surface area (Å²) in [7, 11) is -3.57. The molecular formula is C12H21N5O3S. The third-order valence-electron chi connectivity index (χ3n) is 3.52. The largest absolute Gasteiger partial charge is 0.369 e. The van der Waals surface area contributed by atoms with Crippen molar-refractivity contribution in [1.29, 1.82) is 0 Å². The molecule has 0 spiro atoms. The fraction of sp³-hybridized carbons (Fsp3) is 0.667. The number of carbonyl (C=O) groups excluding carboxylic acids is 1. The van der Waals surface area contributed by atoms with Crippen molar-refractivity contribution in [2.24, 2.45) is 5.73 Å². The van der Waals surface area contributed by atoms with Gasteiger partial charge in [0.05, 0.1) is 12.7 Å². The first-order valence-electron chi connectivity index (χ1n) is 6.97. The molecule has 0 unspecified atom stereocenters. The molecule has 1 saturated heterocycles. The van der Waals surface area contributed by atoms with Crippen LogP contribution in [0, 0.1) is 0 Å². The van der Waals surface area contributed by atoms with Crippen LogP contribution in [0.5, 0.6) is 0 Å². The predicted molar refractivity (Wildman–Crippen MR) is 76.9 cm³/mol. The van der Waals surface area contributed by atoms with E-state index in [2.05, 4.69) is 14.7 Å². The molecule has 118 valence electrons. The van der Waals surface area contributed by atoms with Crippen molar-refractivity contribution in [2.45, 2.75) is 37.3 Å². The Balaban J connectivity index is 1.91. The number of aromatic nitrogens is 2. The van der Waals surface area contributed by atoms with Gasteiger partial charge in [-0.25, -0.2) is 18.1 Å². The monoisotopic (exact) mass is 315 g/mol. The molecule has 0 radical (unpaired) electrons. The Morgan fingerprint density at radius 1 is 1.52 bits per heavy atom. The van der Waals surface area contributed by atoms with E-state index in [0.29, 0.717) is 38.2 Å². The van der Waals surface area contributed by atoms with Gasteiger partial charge in [0.15, 0.2) is 5.03 Å². The highest BCUT2D eigenvalue weighted by molar-refractivity contribution is 7.89. The SMILES string of the molecule is CCc1ncc(S(=O)(=O)NC2CCN(CC(N)=O)CC2)[nH]1. The number of likely N-dealkylation sites (tertiary alicyclic amines) is 1. The summed E-state index contributed by atoms with van der Waals surface area (Å²) in [5.41, 5.74) is 5.15. The van der Waals surface area contributed by atoms with E-state index in [9.17, 15) is 13.2 Å². The summed E-state index contributed by atoms with van der Waals surface area (Å²) in [6, 6.07) is -0.132. The molecule has 1 aromatic rings. The van der Waals surface area contributed by atoms with E-state index in [4.69, 9.17) is 5.73 Å². The average Bonchev–Trinajstić information content (AvgIpc) is 2.90. The molecule has 0 aliphatic carbocycles. The Hall–Kier alpha value is -1.45. The minimum absolute atomic E-state index is 0.0962. The summed E-state index contributed by atoms with van der Waals surface area (Å²) in [5.74, 6) is 0.283. The second-order valence-corrected chi connectivity index (χ2v) is 6.87. The van der Waals surface area contributed by atoms with Crippen LogP contribution in [-0.4, -0.2) is 54.9 Å². The summed E-state index contributed by atoms with van der Waals surface area (Å²) < 4.78 is 27.1. The zero-order valence-corrected chi connectivity index (χ0v) is 12.8. The lowest BCUT2D eigenvalue weighted by Crippen LogP contribution is -2.46. The van der Waals surface area contributed by atoms with Crippen molar-refractivity contribution < 1.29 is 13.2 Å². The van der Waals surface area contributed by atoms with Crippen molar-refractivity contribution in [3.63, 3.8) is 0 Å². The average molecular weight is 315 g/mol. The van der Waals surface area contributed by atoms with Crippen molar-refractivity contribution >= 4 is 15.9 Å². The first-order chi connectivity index (χ1) is 9.90. The summed E-state index contributed by atoms with van der Waals surface area (Å²) in [6.07, 6.45) is 3.30. The van der Waals surface area contributed by atoms with Gasteiger partial charge in [-0.05, 0) is 12.8 Å². The maximum Gasteiger partial charge on any atom is 0.257 e. The van der Waals surface area contributed by atoms with Crippen LogP contribution in [0.1, 0.15) is 25.6 Å². The summed E-state index contributed by atoms with van der Waals surface area (Å²) in [5, 5.41) is 0.0962. The molecule has 8 nitrogen and oxygen atoms in total. The molecule has 0 atom stereocenters. The molecule has 2 heterocycles. The molecule has 1 fully saturated rings. The van der Waals surface area contributed by atoms with Crippen LogP contribution < -0.4 is 10.5 Å². The van der Waals surface area contributed by atoms with Gasteiger partial charge in [0, 0.05) is 25.6 Å². The van der Waals surface area contributed by atoms with E-state index in [1.54, 1.807) is 0 Å². The number of sulfonamides is 1. The Morgan fingerprint density at radius 3 is 2.71 bits per heavy atom. The molecule has 0 saturated carbocycles. The molecule has 1 aliphatic heterocycles. The van der Waals surface area contributed by atoms with Crippen molar-refractivity contribution in [3.8, 4) is 0 Å². The van der Waals surface area contributed by atoms with E-state index in [1.807, 2.05) is 11.8 Å². The molecular weight excluding hydrogens is 294 g/mol. The van der Waals surface area contributed by atoms with Crippen LogP contribution in [0.25, 0.3) is 0 Å². The maximum atomic E-state index is 12.2. The number of primary amides is 1. The van der Waals surface area contributed by atoms with Crippen LogP contribution in [-0.2, 0) is 21.2 Å². The van der Waals surface area contributed by atoms with Gasteiger partial charge in [-0.3, -0.25) is 9.69 Å². The van der Waals surface area contributed by atoms with Gasteiger partial charge in [-0.2, -0.15) is 0 Å². The fourth-order valence-corrected chi connectivity index (χ4v) is 3.62. The van der Waals surface area contributed by atoms with Crippen LogP contribution in [0.2, 0.25) is 0 Å². The van der Waals surface area contributed by atoms with Crippen molar-refractivity contribution in [3.05, 3.63) is 12.0 Å². The first kappa shape index (κ1) is 15.9. The van der Waals surface area contributed by atoms with Gasteiger partial charge in [0.25, 0.3) is 10.0 Å². The van der Waals surface area contributed by atoms with E-state index in [0.717, 1.165) is 0 Å². The number of hydrogen-bond donors (Lipinski definition) is 3. The molecule has 9 heteroatoms. The van der Waals surface area contributed by atoms with Crippen LogP contribution in [0.3, 0.4) is 0 Å². The molecule has 1 amide bonds. The third kappa shape index (κ3) is 4.26. The Kier molecular flexibility index (Phi) is 4.96. The number of nitrogens with one attached hydrogen (secondary N) is 2. The van der Waals surface area contributed by atoms with Crippen LogP contribution >= 0.6 is 0 Å². The quantitative estimate of drug-likeness (QED) is 0.634. The Labute approximate surface area is 124 Å². The van der Waals surface area contributed by atoms with Gasteiger partial charge in [-0.1, -0.05) is 6.92 Å². The molecule has 1 aliphatic rings. The predicted octanol–water partition coefficient (Wildman–Crippen LogP) is -0.800. The highest BCUT2D eigenvalue weighted by Crippen LogP contribution is 2.14. The molecule has 0 aromatic carbocycles. The molecule has 1 aromatic heterocycles. The smallest absolute Gasteiger partial charge is 0.257 e. The summed E-state index contributed by atoms with van der Waals surface area (Å²) in [6.45, 7) is 3.43. The Morgan fingerprint density at radius 2 is 2.19 bits per heavy atom. The normalized spacial score (nSPS) is 18.0. The van der Waals surface area contributed by atoms with Gasteiger partial charge < -0.3 is 10.7 Å². The number of hydrogen-bond acceptors (Lipinski definition) is 5. The van der Waals surface area contributed by atoms with E-state index >= 15 is 0 Å². The molecule has 21 heavy (non-hydrogen) atoms. The van der Waals surface area contributed by atoms with Gasteiger partial charge in [-0.15, -0.1) is 0 Å². The standard InChI is InChI=1S/C12H21N5O3S/c1-2-11-14-7-12(15-11)21(19,20)16-9-3-5-17(6-4-9)8-10(13)18/h7,9,16H,2-6,8H2,1H3,(H2,13,18)(H,14,15). The number of H-pyrrole nitrogens is 1. The molecule has 2 rings (SSSR count). The third-order valence-corrected chi connectivity index (χ3v) is 4.95. The second-order valence-electron chi connectivity index (χ2n) is 5.19. The highest BCUT2D eigenvalue weighted by Gasteiger charge is 2.26. The maximum absolute atomic E-state index is 12.2. The number of aromatic amines is 1. The minimum atomic E-state index is -3.57. The van der Waals surface area contributed by atoms with E-state index in [-0.39, 0.29) is 23.5 Å². The number of imidazole rings is 1. The molecule has 4 N–H and O–H groups in total. The summed E-state index contributed by atoms with van der Waals surface area (Å²) >= 11 is 0. The van der Waals surface area contributed by atoms with Gasteiger partial charge in [0.2, 0.25) is 5.91 Å². The molecule has 0 bridgehead atoms. The lowest BCUT2D eigenvalue weighted by atomic mass is 10.1.